The molecule has 5 nitrogen and oxygen atoms in total. The van der Waals surface area contributed by atoms with Crippen molar-refractivity contribution in [1.82, 2.24) is 4.57 Å². The van der Waals surface area contributed by atoms with Gasteiger partial charge in [0.1, 0.15) is 0 Å². The van der Waals surface area contributed by atoms with Crippen LogP contribution in [0.15, 0.2) is 27.4 Å². The van der Waals surface area contributed by atoms with Crippen LogP contribution in [0.1, 0.15) is 5.56 Å². The van der Waals surface area contributed by atoms with Gasteiger partial charge in [0.25, 0.3) is 0 Å². The minimum Gasteiger partial charge on any atom is -0.408 e. The molecular weight excluding hydrogens is 220 g/mol. The van der Waals surface area contributed by atoms with E-state index in [9.17, 15) is 4.79 Å². The summed E-state index contributed by atoms with van der Waals surface area (Å²) in [5, 5.41) is 0. The first-order valence-corrected chi connectivity index (χ1v) is 5.57. The number of oxazole rings is 1. The van der Waals surface area contributed by atoms with E-state index in [2.05, 4.69) is 0 Å². The van der Waals surface area contributed by atoms with Gasteiger partial charge in [0, 0.05) is 7.11 Å². The van der Waals surface area contributed by atoms with Crippen LogP contribution in [0, 0.1) is 0 Å². The molecule has 0 spiro atoms. The van der Waals surface area contributed by atoms with E-state index in [0.29, 0.717) is 25.3 Å². The minimum absolute atomic E-state index is 0.345. The SMILES string of the molecule is COCCn1c(=O)oc2ccc(CCN)cc21. The maximum Gasteiger partial charge on any atom is 0.420 e. The van der Waals surface area contributed by atoms with Crippen LogP contribution in [0.2, 0.25) is 0 Å². The normalized spacial score (nSPS) is 11.2. The molecular formula is C12H16N2O3. The summed E-state index contributed by atoms with van der Waals surface area (Å²) in [6.07, 6.45) is 0.791. The molecule has 0 aliphatic carbocycles. The lowest BCUT2D eigenvalue weighted by atomic mass is 10.1. The predicted molar refractivity (Wildman–Crippen MR) is 65.1 cm³/mol. The summed E-state index contributed by atoms with van der Waals surface area (Å²) in [4.78, 5) is 11.6. The summed E-state index contributed by atoms with van der Waals surface area (Å²) < 4.78 is 11.7. The van der Waals surface area contributed by atoms with E-state index in [0.717, 1.165) is 17.5 Å². The van der Waals surface area contributed by atoms with Crippen molar-refractivity contribution in [2.75, 3.05) is 20.3 Å². The largest absolute Gasteiger partial charge is 0.420 e. The second-order valence-electron chi connectivity index (χ2n) is 3.85. The molecule has 2 N–H and O–H groups in total. The van der Waals surface area contributed by atoms with Crippen molar-refractivity contribution in [3.63, 3.8) is 0 Å². The molecule has 0 aliphatic rings. The molecule has 5 heteroatoms. The molecule has 0 aliphatic heterocycles. The molecule has 0 saturated carbocycles. The van der Waals surface area contributed by atoms with Gasteiger partial charge in [-0.2, -0.15) is 0 Å². The Kier molecular flexibility index (Phi) is 3.61. The highest BCUT2D eigenvalue weighted by Gasteiger charge is 2.09. The van der Waals surface area contributed by atoms with Crippen LogP contribution in [0.4, 0.5) is 0 Å². The number of methoxy groups -OCH3 is 1. The van der Waals surface area contributed by atoms with Crippen molar-refractivity contribution in [3.05, 3.63) is 34.3 Å². The molecule has 0 atom stereocenters. The first-order chi connectivity index (χ1) is 8.26. The Labute approximate surface area is 98.8 Å². The fraction of sp³-hybridized carbons (Fsp3) is 0.417. The molecule has 1 aromatic heterocycles. The number of rotatable bonds is 5. The van der Waals surface area contributed by atoms with E-state index < -0.39 is 0 Å². The van der Waals surface area contributed by atoms with Crippen molar-refractivity contribution in [2.24, 2.45) is 5.73 Å². The quantitative estimate of drug-likeness (QED) is 0.831. The third-order valence-corrected chi connectivity index (χ3v) is 2.68. The van der Waals surface area contributed by atoms with Crippen molar-refractivity contribution in [2.45, 2.75) is 13.0 Å². The van der Waals surface area contributed by atoms with Crippen LogP contribution in [0.5, 0.6) is 0 Å². The zero-order chi connectivity index (χ0) is 12.3. The van der Waals surface area contributed by atoms with Gasteiger partial charge in [0.05, 0.1) is 18.7 Å². The predicted octanol–water partition coefficient (Wildman–Crippen LogP) is 0.742. The van der Waals surface area contributed by atoms with Crippen LogP contribution in [0.25, 0.3) is 11.1 Å². The Morgan fingerprint density at radius 2 is 2.29 bits per heavy atom. The van der Waals surface area contributed by atoms with Gasteiger partial charge in [-0.25, -0.2) is 4.79 Å². The molecule has 0 unspecified atom stereocenters. The number of aromatic nitrogens is 1. The Bertz CT molecular complexity index is 556. The van der Waals surface area contributed by atoms with E-state index in [-0.39, 0.29) is 5.76 Å². The van der Waals surface area contributed by atoms with Gasteiger partial charge in [-0.1, -0.05) is 6.07 Å². The lowest BCUT2D eigenvalue weighted by Crippen LogP contribution is -2.17. The summed E-state index contributed by atoms with van der Waals surface area (Å²) in [5.74, 6) is -0.345. The zero-order valence-corrected chi connectivity index (χ0v) is 9.81. The summed E-state index contributed by atoms with van der Waals surface area (Å²) >= 11 is 0. The molecule has 0 radical (unpaired) electrons. The van der Waals surface area contributed by atoms with Gasteiger partial charge in [0.2, 0.25) is 0 Å². The fourth-order valence-corrected chi connectivity index (χ4v) is 1.82. The maximum absolute atomic E-state index is 11.6. The number of fused-ring (bicyclic) bond motifs is 1. The smallest absolute Gasteiger partial charge is 0.408 e. The maximum atomic E-state index is 11.6. The molecule has 1 heterocycles. The van der Waals surface area contributed by atoms with Gasteiger partial charge in [-0.05, 0) is 30.7 Å². The first kappa shape index (κ1) is 11.9. The third-order valence-electron chi connectivity index (χ3n) is 2.68. The lowest BCUT2D eigenvalue weighted by Gasteiger charge is -2.02. The first-order valence-electron chi connectivity index (χ1n) is 5.57. The summed E-state index contributed by atoms with van der Waals surface area (Å²) in [6, 6.07) is 5.69. The Balaban J connectivity index is 2.45. The number of nitrogens with two attached hydrogens (primary N) is 1. The third kappa shape index (κ3) is 2.40. The van der Waals surface area contributed by atoms with Gasteiger partial charge >= 0.3 is 5.76 Å². The molecule has 2 aromatic rings. The standard InChI is InChI=1S/C12H16N2O3/c1-16-7-6-14-10-8-9(4-5-13)2-3-11(10)17-12(14)15/h2-3,8H,4-7,13H2,1H3. The molecule has 92 valence electrons. The number of benzene rings is 1. The number of ether oxygens (including phenoxy) is 1. The molecule has 0 amide bonds. The average molecular weight is 236 g/mol. The molecule has 17 heavy (non-hydrogen) atoms. The highest BCUT2D eigenvalue weighted by Crippen LogP contribution is 2.15. The van der Waals surface area contributed by atoms with Crippen LogP contribution in [0.3, 0.4) is 0 Å². The number of hydrogen-bond donors (Lipinski definition) is 1. The Morgan fingerprint density at radius 3 is 3.00 bits per heavy atom. The van der Waals surface area contributed by atoms with Crippen molar-refractivity contribution >= 4 is 11.1 Å². The molecule has 0 saturated heterocycles. The zero-order valence-electron chi connectivity index (χ0n) is 9.81. The number of hydrogen-bond acceptors (Lipinski definition) is 4. The van der Waals surface area contributed by atoms with E-state index in [4.69, 9.17) is 14.9 Å². The summed E-state index contributed by atoms with van der Waals surface area (Å²) in [5.41, 5.74) is 8.03. The second kappa shape index (κ2) is 5.16. The Hall–Kier alpha value is -1.59. The number of nitrogens with zero attached hydrogens (tertiary/aromatic N) is 1. The fourth-order valence-electron chi connectivity index (χ4n) is 1.82. The Morgan fingerprint density at radius 1 is 1.47 bits per heavy atom. The molecule has 0 fully saturated rings. The lowest BCUT2D eigenvalue weighted by molar-refractivity contribution is 0.186. The highest BCUT2D eigenvalue weighted by atomic mass is 16.5. The second-order valence-corrected chi connectivity index (χ2v) is 3.85. The monoisotopic (exact) mass is 236 g/mol. The van der Waals surface area contributed by atoms with Gasteiger partial charge in [0.15, 0.2) is 5.58 Å². The van der Waals surface area contributed by atoms with Crippen LogP contribution in [-0.4, -0.2) is 24.8 Å². The van der Waals surface area contributed by atoms with Crippen molar-refractivity contribution < 1.29 is 9.15 Å². The molecule has 2 rings (SSSR count). The van der Waals surface area contributed by atoms with Crippen molar-refractivity contribution in [1.29, 1.82) is 0 Å². The van der Waals surface area contributed by atoms with Gasteiger partial charge < -0.3 is 14.9 Å². The topological polar surface area (TPSA) is 70.4 Å². The van der Waals surface area contributed by atoms with Crippen molar-refractivity contribution in [3.8, 4) is 0 Å². The summed E-state index contributed by atoms with van der Waals surface area (Å²) in [7, 11) is 1.60. The van der Waals surface area contributed by atoms with Gasteiger partial charge in [-0.15, -0.1) is 0 Å². The highest BCUT2D eigenvalue weighted by molar-refractivity contribution is 5.73. The molecule has 0 bridgehead atoms. The average Bonchev–Trinajstić information content (AvgIpc) is 2.63. The van der Waals surface area contributed by atoms with Crippen LogP contribution in [-0.2, 0) is 17.7 Å². The van der Waals surface area contributed by atoms with Crippen LogP contribution >= 0.6 is 0 Å². The summed E-state index contributed by atoms with van der Waals surface area (Å²) in [6.45, 7) is 1.57. The van der Waals surface area contributed by atoms with E-state index in [1.807, 2.05) is 18.2 Å². The van der Waals surface area contributed by atoms with E-state index >= 15 is 0 Å². The van der Waals surface area contributed by atoms with E-state index in [1.165, 1.54) is 0 Å². The van der Waals surface area contributed by atoms with Crippen LogP contribution < -0.4 is 11.5 Å². The van der Waals surface area contributed by atoms with Gasteiger partial charge in [-0.3, -0.25) is 4.57 Å². The minimum atomic E-state index is -0.345. The molecule has 1 aromatic carbocycles. The van der Waals surface area contributed by atoms with E-state index in [1.54, 1.807) is 11.7 Å².